The maximum atomic E-state index is 11.7. The van der Waals surface area contributed by atoms with Gasteiger partial charge in [0.2, 0.25) is 0 Å². The molecule has 0 amide bonds. The second-order valence-corrected chi connectivity index (χ2v) is 7.16. The largest absolute Gasteiger partial charge is 0.497 e. The number of carboxylic acids is 1. The number of carboxylic acid groups (broad SMARTS) is 1. The van der Waals surface area contributed by atoms with Gasteiger partial charge in [0.15, 0.2) is 11.5 Å². The van der Waals surface area contributed by atoms with E-state index in [1.807, 2.05) is 24.3 Å². The first-order valence-corrected chi connectivity index (χ1v) is 10.1. The van der Waals surface area contributed by atoms with Crippen molar-refractivity contribution in [1.29, 1.82) is 0 Å². The van der Waals surface area contributed by atoms with Crippen molar-refractivity contribution in [3.05, 3.63) is 81.9 Å². The lowest BCUT2D eigenvalue weighted by Gasteiger charge is -2.18. The van der Waals surface area contributed by atoms with E-state index >= 15 is 0 Å². The zero-order chi connectivity index (χ0) is 23.1. The molecule has 0 heterocycles. The van der Waals surface area contributed by atoms with E-state index in [2.05, 4.69) is 0 Å². The molecular weight excluding hydrogens is 436 g/mol. The second-order valence-electron chi connectivity index (χ2n) is 6.78. The second kappa shape index (κ2) is 10.7. The number of aliphatic hydroxyl groups excluding tert-OH is 1. The van der Waals surface area contributed by atoms with E-state index in [1.165, 1.54) is 6.07 Å². The van der Waals surface area contributed by atoms with Gasteiger partial charge in [-0.1, -0.05) is 35.9 Å². The lowest BCUT2D eigenvalue weighted by atomic mass is 10.1. The van der Waals surface area contributed by atoms with Crippen LogP contribution in [0, 0.1) is 0 Å². The topological polar surface area (TPSA) is 94.5 Å². The van der Waals surface area contributed by atoms with Gasteiger partial charge >= 0.3 is 5.97 Å². The van der Waals surface area contributed by atoms with Crippen LogP contribution in [0.4, 0.5) is 0 Å². The first-order chi connectivity index (χ1) is 15.5. The van der Waals surface area contributed by atoms with Gasteiger partial charge in [0.1, 0.15) is 24.7 Å². The summed E-state index contributed by atoms with van der Waals surface area (Å²) in [6.07, 6.45) is 0. The third kappa shape index (κ3) is 5.43. The summed E-state index contributed by atoms with van der Waals surface area (Å²) >= 11 is 6.43. The summed E-state index contributed by atoms with van der Waals surface area (Å²) in [4.78, 5) is 11.7. The minimum absolute atomic E-state index is 0.00866. The highest BCUT2D eigenvalue weighted by Crippen LogP contribution is 2.41. The molecule has 8 heteroatoms. The predicted octanol–water partition coefficient (Wildman–Crippen LogP) is 4.71. The molecule has 0 aliphatic rings. The van der Waals surface area contributed by atoms with Gasteiger partial charge in [-0.15, -0.1) is 0 Å². The van der Waals surface area contributed by atoms with Gasteiger partial charge in [0, 0.05) is 5.56 Å². The third-order valence-corrected chi connectivity index (χ3v) is 5.17. The van der Waals surface area contributed by atoms with Crippen LogP contribution in [-0.2, 0) is 19.8 Å². The Morgan fingerprint density at radius 2 is 1.38 bits per heavy atom. The van der Waals surface area contributed by atoms with Crippen molar-refractivity contribution in [2.75, 3.05) is 14.2 Å². The molecule has 7 nitrogen and oxygen atoms in total. The smallest absolute Gasteiger partial charge is 0.336 e. The number of halogens is 1. The minimum atomic E-state index is -1.23. The average Bonchev–Trinajstić information content (AvgIpc) is 2.82. The monoisotopic (exact) mass is 458 g/mol. The Bertz CT molecular complexity index is 1060. The molecule has 0 aromatic heterocycles. The first kappa shape index (κ1) is 23.2. The molecule has 0 atom stereocenters. The maximum Gasteiger partial charge on any atom is 0.336 e. The normalized spacial score (nSPS) is 10.5. The number of methoxy groups -OCH3 is 2. The van der Waals surface area contributed by atoms with Crippen molar-refractivity contribution < 1.29 is 34.0 Å². The van der Waals surface area contributed by atoms with Gasteiger partial charge < -0.3 is 29.2 Å². The Morgan fingerprint density at radius 3 is 1.81 bits per heavy atom. The maximum absolute atomic E-state index is 11.7. The van der Waals surface area contributed by atoms with E-state index in [9.17, 15) is 15.0 Å². The quantitative estimate of drug-likeness (QED) is 0.454. The lowest BCUT2D eigenvalue weighted by molar-refractivity contribution is 0.0692. The number of carbonyl (C=O) groups is 1. The highest BCUT2D eigenvalue weighted by atomic mass is 35.5. The van der Waals surface area contributed by atoms with E-state index in [0.717, 1.165) is 11.1 Å². The van der Waals surface area contributed by atoms with Crippen molar-refractivity contribution in [2.24, 2.45) is 0 Å². The van der Waals surface area contributed by atoms with Crippen LogP contribution in [-0.4, -0.2) is 30.4 Å². The van der Waals surface area contributed by atoms with E-state index in [1.54, 1.807) is 38.5 Å². The van der Waals surface area contributed by atoms with Gasteiger partial charge in [0.25, 0.3) is 0 Å². The summed E-state index contributed by atoms with van der Waals surface area (Å²) < 4.78 is 22.1. The molecule has 3 aromatic carbocycles. The number of ether oxygens (including phenoxy) is 4. The molecule has 3 rings (SSSR count). The van der Waals surface area contributed by atoms with Gasteiger partial charge in [-0.3, -0.25) is 0 Å². The van der Waals surface area contributed by atoms with E-state index in [4.69, 9.17) is 30.5 Å². The molecule has 3 aromatic rings. The Morgan fingerprint density at radius 1 is 0.875 bits per heavy atom. The minimum Gasteiger partial charge on any atom is -0.497 e. The number of hydrogen-bond donors (Lipinski definition) is 2. The highest BCUT2D eigenvalue weighted by molar-refractivity contribution is 6.33. The summed E-state index contributed by atoms with van der Waals surface area (Å²) in [5.74, 6) is 0.510. The van der Waals surface area contributed by atoms with Gasteiger partial charge in [0.05, 0.1) is 31.4 Å². The summed E-state index contributed by atoms with van der Waals surface area (Å²) in [6, 6.07) is 15.8. The molecule has 0 bridgehead atoms. The number of hydrogen-bond acceptors (Lipinski definition) is 6. The predicted molar refractivity (Wildman–Crippen MR) is 119 cm³/mol. The Hall–Kier alpha value is -3.42. The van der Waals surface area contributed by atoms with Gasteiger partial charge in [-0.2, -0.15) is 0 Å². The van der Waals surface area contributed by atoms with Crippen molar-refractivity contribution >= 4 is 17.6 Å². The standard InChI is InChI=1S/C24H23ClO7/c1-29-17-7-3-15(4-8-17)13-31-21-11-19(24(27)28)20(12-26)22(25)23(21)32-14-16-5-9-18(30-2)10-6-16/h3-11,26H,12-14H2,1-2H3,(H,27,28). The van der Waals surface area contributed by atoms with Crippen LogP contribution in [0.3, 0.4) is 0 Å². The Labute approximate surface area is 190 Å². The Balaban J connectivity index is 1.89. The zero-order valence-corrected chi connectivity index (χ0v) is 18.4. The van der Waals surface area contributed by atoms with Crippen molar-refractivity contribution in [1.82, 2.24) is 0 Å². The van der Waals surface area contributed by atoms with Crippen molar-refractivity contribution in [3.63, 3.8) is 0 Å². The molecule has 32 heavy (non-hydrogen) atoms. The van der Waals surface area contributed by atoms with Crippen LogP contribution in [0.25, 0.3) is 0 Å². The average molecular weight is 459 g/mol. The SMILES string of the molecule is COc1ccc(COc2cc(C(=O)O)c(CO)c(Cl)c2OCc2ccc(OC)cc2)cc1. The van der Waals surface area contributed by atoms with Crippen LogP contribution in [0.5, 0.6) is 23.0 Å². The first-order valence-electron chi connectivity index (χ1n) is 9.67. The van der Waals surface area contributed by atoms with Crippen LogP contribution in [0.2, 0.25) is 5.02 Å². The fourth-order valence-corrected chi connectivity index (χ4v) is 3.30. The summed E-state index contributed by atoms with van der Waals surface area (Å²) in [5.41, 5.74) is 1.58. The summed E-state index contributed by atoms with van der Waals surface area (Å²) in [7, 11) is 3.16. The van der Waals surface area contributed by atoms with E-state index in [-0.39, 0.29) is 40.9 Å². The van der Waals surface area contributed by atoms with Crippen LogP contribution >= 0.6 is 11.6 Å². The van der Waals surface area contributed by atoms with Crippen molar-refractivity contribution in [3.8, 4) is 23.0 Å². The summed E-state index contributed by atoms with van der Waals surface area (Å²) in [5, 5.41) is 19.2. The molecule has 0 aliphatic carbocycles. The lowest BCUT2D eigenvalue weighted by Crippen LogP contribution is -2.08. The van der Waals surface area contributed by atoms with Gasteiger partial charge in [-0.25, -0.2) is 4.79 Å². The molecule has 0 saturated heterocycles. The van der Waals surface area contributed by atoms with Crippen molar-refractivity contribution in [2.45, 2.75) is 19.8 Å². The molecule has 2 N–H and O–H groups in total. The summed E-state index contributed by atoms with van der Waals surface area (Å²) in [6.45, 7) is -0.255. The zero-order valence-electron chi connectivity index (χ0n) is 17.6. The number of aliphatic hydroxyl groups is 1. The molecule has 0 fully saturated rings. The molecule has 168 valence electrons. The van der Waals surface area contributed by atoms with Gasteiger partial charge in [-0.05, 0) is 41.5 Å². The molecule has 0 radical (unpaired) electrons. The van der Waals surface area contributed by atoms with Crippen LogP contribution < -0.4 is 18.9 Å². The fourth-order valence-electron chi connectivity index (χ4n) is 2.99. The molecule has 0 aliphatic heterocycles. The molecule has 0 unspecified atom stereocenters. The molecule has 0 spiro atoms. The Kier molecular flexibility index (Phi) is 7.81. The van der Waals surface area contributed by atoms with Crippen LogP contribution in [0.15, 0.2) is 54.6 Å². The van der Waals surface area contributed by atoms with Crippen LogP contribution in [0.1, 0.15) is 27.0 Å². The molecular formula is C24H23ClO7. The van der Waals surface area contributed by atoms with E-state index in [0.29, 0.717) is 11.5 Å². The number of rotatable bonds is 10. The number of benzene rings is 3. The molecule has 0 saturated carbocycles. The fraction of sp³-hybridized carbons (Fsp3) is 0.208. The highest BCUT2D eigenvalue weighted by Gasteiger charge is 2.22. The third-order valence-electron chi connectivity index (χ3n) is 4.77. The number of aromatic carboxylic acids is 1. The van der Waals surface area contributed by atoms with E-state index < -0.39 is 12.6 Å².